The van der Waals surface area contributed by atoms with Gasteiger partial charge in [0.25, 0.3) is 0 Å². The lowest BCUT2D eigenvalue weighted by molar-refractivity contribution is 1.19. The zero-order valence-electron chi connectivity index (χ0n) is 65.4. The Bertz CT molecular complexity index is 8970. The molecule has 0 bridgehead atoms. The predicted molar refractivity (Wildman–Crippen MR) is 520 cm³/mol. The third-order valence-electron chi connectivity index (χ3n) is 25.7. The molecule has 14 aromatic heterocycles. The van der Waals surface area contributed by atoms with Gasteiger partial charge in [0.15, 0.2) is 0 Å². The molecule has 0 aliphatic carbocycles. The van der Waals surface area contributed by atoms with Gasteiger partial charge >= 0.3 is 0 Å². The second kappa shape index (κ2) is 25.4. The lowest BCUT2D eigenvalue weighted by atomic mass is 10.0. The van der Waals surface area contributed by atoms with E-state index in [1.165, 1.54) is 159 Å². The van der Waals surface area contributed by atoms with Gasteiger partial charge in [-0.15, -0.1) is 34.0 Å². The van der Waals surface area contributed by atoms with Gasteiger partial charge in [-0.05, 0) is 168 Å². The number of benzene rings is 16. The number of para-hydroxylation sites is 10. The zero-order valence-corrected chi connectivity index (χ0v) is 67.8. The SMILES string of the molecule is c1ccc(-n2c3cc4c(cc3c3ccc5c6ccccc6sc5c32)c2ccccc2n2c3ccccc3nc42)cc1.c1ccc(-n2c3cc4c(cc3c3ccc5c6ccccc6sc5c32)c2cccnc2n2c3ccccc3nc42)cc1.c1ccc(-n2c3cc4c(cc3c3ccc5c6ccccc6sc5c32)c2ncccc2n2c3ccccc3nc42)cc1. The first-order valence-corrected chi connectivity index (χ1v) is 43.9. The minimum absolute atomic E-state index is 0.932. The van der Waals surface area contributed by atoms with Gasteiger partial charge < -0.3 is 13.7 Å². The molecule has 0 unspecified atom stereocenters. The Hall–Kier alpha value is -15.7. The Morgan fingerprint density at radius 1 is 0.187 bits per heavy atom. The van der Waals surface area contributed by atoms with Crippen LogP contribution >= 0.6 is 34.0 Å². The Kier molecular flexibility index (Phi) is 13.9. The van der Waals surface area contributed by atoms with Crippen molar-refractivity contribution in [3.63, 3.8) is 0 Å². The summed E-state index contributed by atoms with van der Waals surface area (Å²) in [5, 5.41) is 24.7. The molecule has 123 heavy (non-hydrogen) atoms. The number of rotatable bonds is 3. The van der Waals surface area contributed by atoms with Crippen molar-refractivity contribution >= 4 is 275 Å². The van der Waals surface area contributed by atoms with Crippen LogP contribution in [0.1, 0.15) is 0 Å². The van der Waals surface area contributed by atoms with Crippen LogP contribution < -0.4 is 0 Å². The number of hydrogen-bond acceptors (Lipinski definition) is 8. The van der Waals surface area contributed by atoms with Gasteiger partial charge in [0.2, 0.25) is 0 Å². The fraction of sp³-hybridized carbons (Fsp3) is 0. The number of aromatic nitrogens is 11. The lowest BCUT2D eigenvalue weighted by Crippen LogP contribution is -1.96. The van der Waals surface area contributed by atoms with Crippen molar-refractivity contribution in [2.45, 2.75) is 0 Å². The Morgan fingerprint density at radius 2 is 0.512 bits per heavy atom. The van der Waals surface area contributed by atoms with Crippen LogP contribution in [0.4, 0.5) is 0 Å². The first kappa shape index (κ1) is 67.2. The molecule has 0 aliphatic heterocycles. The van der Waals surface area contributed by atoms with Gasteiger partial charge in [-0.2, -0.15) is 0 Å². The third-order valence-corrected chi connectivity index (χ3v) is 29.3. The molecule has 570 valence electrons. The van der Waals surface area contributed by atoms with Crippen LogP contribution in [0.3, 0.4) is 0 Å². The van der Waals surface area contributed by atoms with E-state index in [1.54, 1.807) is 0 Å². The number of imidazole rings is 3. The van der Waals surface area contributed by atoms with Gasteiger partial charge in [0.05, 0.1) is 96.9 Å². The standard InChI is InChI=1S/C37H21N3S.2C36H20N4S/c1-2-10-22(11-3-1)39-33-21-29-27(23-12-4-7-15-31(23)40-32-16-8-6-14-30(32)38-37(29)40)20-28(33)25-18-19-26-24-13-5-9-17-34(24)41-36(26)35(25)39;1-2-9-21(10-3-1)39-31-20-28-26(25-12-8-18-37-35(25)40-30-14-6-5-13-29(30)38-36(28)40)19-27(31)23-16-17-24-22-11-4-7-15-32(22)41-34(24)33(23)39;1-2-9-21(10-3-1)39-31-20-27-26(33-30(14-8-18-37-33)40-29-13-6-5-12-28(29)38-36(27)40)19-25(31)23-16-17-24-22-11-4-7-15-32(22)41-35(24)34(23)39/h1-21H;2*1-20H. The van der Waals surface area contributed by atoms with Crippen LogP contribution in [0, 0.1) is 0 Å². The number of hydrogen-bond donors (Lipinski definition) is 0. The van der Waals surface area contributed by atoms with Gasteiger partial charge in [-0.1, -0.05) is 200 Å². The van der Waals surface area contributed by atoms with Crippen molar-refractivity contribution < 1.29 is 0 Å². The van der Waals surface area contributed by atoms with Crippen molar-refractivity contribution in [3.8, 4) is 17.1 Å². The van der Waals surface area contributed by atoms with Crippen LogP contribution in [0.5, 0.6) is 0 Å². The highest BCUT2D eigenvalue weighted by molar-refractivity contribution is 7.27. The number of nitrogens with zero attached hydrogens (tertiary/aromatic N) is 11. The molecule has 0 radical (unpaired) electrons. The molecule has 0 saturated heterocycles. The van der Waals surface area contributed by atoms with Crippen molar-refractivity contribution in [2.75, 3.05) is 0 Å². The number of thiophene rings is 3. The second-order valence-corrected chi connectivity index (χ2v) is 35.3. The second-order valence-electron chi connectivity index (χ2n) is 32.1. The molecule has 0 spiro atoms. The Balaban J connectivity index is 0.0000000946. The van der Waals surface area contributed by atoms with Crippen LogP contribution in [0.15, 0.2) is 370 Å². The third kappa shape index (κ3) is 9.42. The average Bonchev–Trinajstić information content (AvgIpc) is 1.52. The molecule has 0 fully saturated rings. The van der Waals surface area contributed by atoms with Crippen LogP contribution in [0.25, 0.3) is 258 Å². The molecule has 0 saturated carbocycles. The largest absolute Gasteiger partial charge is 0.308 e. The summed E-state index contributed by atoms with van der Waals surface area (Å²) in [5.41, 5.74) is 24.2. The Labute approximate surface area is 709 Å². The summed E-state index contributed by atoms with van der Waals surface area (Å²) in [4.78, 5) is 25.3. The maximum atomic E-state index is 5.19. The topological polar surface area (TPSA) is 92.5 Å². The highest BCUT2D eigenvalue weighted by Gasteiger charge is 2.27. The molecule has 0 aliphatic rings. The molecule has 0 atom stereocenters. The summed E-state index contributed by atoms with van der Waals surface area (Å²) in [7, 11) is 0. The molecule has 30 aromatic rings. The molecule has 30 rings (SSSR count). The molecular weight excluding hydrogens is 1560 g/mol. The summed E-state index contributed by atoms with van der Waals surface area (Å²) in [6.45, 7) is 0. The normalized spacial score (nSPS) is 12.4. The predicted octanol–water partition coefficient (Wildman–Crippen LogP) is 29.6. The molecule has 14 heterocycles. The fourth-order valence-electron chi connectivity index (χ4n) is 20.5. The summed E-state index contributed by atoms with van der Waals surface area (Å²) in [6, 6.07) is 129. The minimum atomic E-state index is 0.932. The van der Waals surface area contributed by atoms with E-state index in [4.69, 9.17) is 24.9 Å². The first-order valence-electron chi connectivity index (χ1n) is 41.4. The minimum Gasteiger partial charge on any atom is -0.308 e. The van der Waals surface area contributed by atoms with Gasteiger partial charge in [-0.25, -0.2) is 19.9 Å². The molecule has 11 nitrogen and oxygen atoms in total. The summed E-state index contributed by atoms with van der Waals surface area (Å²) >= 11 is 5.65. The van der Waals surface area contributed by atoms with E-state index in [1.807, 2.05) is 64.6 Å². The van der Waals surface area contributed by atoms with Crippen LogP contribution in [-0.4, -0.2) is 51.8 Å². The first-order chi connectivity index (χ1) is 61.0. The van der Waals surface area contributed by atoms with E-state index >= 15 is 0 Å². The molecule has 0 amide bonds. The van der Waals surface area contributed by atoms with Crippen LogP contribution in [0.2, 0.25) is 0 Å². The molecule has 0 N–H and O–H groups in total. The summed E-state index contributed by atoms with van der Waals surface area (Å²) in [6.07, 6.45) is 3.77. The lowest BCUT2D eigenvalue weighted by Gasteiger charge is -2.11. The van der Waals surface area contributed by atoms with E-state index in [2.05, 4.69) is 367 Å². The average molecular weight is 1620 g/mol. The van der Waals surface area contributed by atoms with Gasteiger partial charge in [0.1, 0.15) is 22.6 Å². The van der Waals surface area contributed by atoms with E-state index in [9.17, 15) is 0 Å². The molecule has 16 aromatic carbocycles. The summed E-state index contributed by atoms with van der Waals surface area (Å²) < 4.78 is 22.1. The molecular formula is C109H61N11S3. The van der Waals surface area contributed by atoms with Crippen molar-refractivity contribution in [1.82, 2.24) is 51.8 Å². The van der Waals surface area contributed by atoms with Gasteiger partial charge in [0, 0.05) is 141 Å². The van der Waals surface area contributed by atoms with Crippen LogP contribution in [-0.2, 0) is 0 Å². The maximum Gasteiger partial charge on any atom is 0.147 e. The highest BCUT2D eigenvalue weighted by Crippen LogP contribution is 2.50. The highest BCUT2D eigenvalue weighted by atomic mass is 32.1. The number of pyridine rings is 5. The van der Waals surface area contributed by atoms with Gasteiger partial charge in [-0.3, -0.25) is 18.2 Å². The maximum absolute atomic E-state index is 5.19. The van der Waals surface area contributed by atoms with Crippen molar-refractivity contribution in [2.24, 2.45) is 0 Å². The van der Waals surface area contributed by atoms with Crippen molar-refractivity contribution in [1.29, 1.82) is 0 Å². The smallest absolute Gasteiger partial charge is 0.147 e. The fourth-order valence-corrected chi connectivity index (χ4v) is 24.2. The van der Waals surface area contributed by atoms with E-state index < -0.39 is 0 Å². The number of fused-ring (bicyclic) bond motifs is 45. The quantitative estimate of drug-likeness (QED) is 0.164. The zero-order chi connectivity index (χ0) is 80.0. The monoisotopic (exact) mass is 1620 g/mol. The van der Waals surface area contributed by atoms with E-state index in [0.717, 1.165) is 99.6 Å². The van der Waals surface area contributed by atoms with E-state index in [0.29, 0.717) is 0 Å². The molecule has 14 heteroatoms. The Morgan fingerprint density at radius 3 is 0.976 bits per heavy atom. The van der Waals surface area contributed by atoms with E-state index in [-0.39, 0.29) is 0 Å². The van der Waals surface area contributed by atoms with Crippen molar-refractivity contribution in [3.05, 3.63) is 370 Å². The summed E-state index contributed by atoms with van der Waals surface area (Å²) in [5.74, 6) is 0.